The minimum Gasteiger partial charge on any atom is -0.247 e. The molecule has 0 bridgehead atoms. The van der Waals surface area contributed by atoms with Gasteiger partial charge >= 0.3 is 0 Å². The fourth-order valence-electron chi connectivity index (χ4n) is 5.27. The Morgan fingerprint density at radius 1 is 0.634 bits per heavy atom. The maximum absolute atomic E-state index is 14.7. The second kappa shape index (κ2) is 9.56. The molecular weight excluding hydrogens is 536 g/mol. The molecule has 7 rings (SSSR count). The predicted molar refractivity (Wildman–Crippen MR) is 156 cm³/mol. The van der Waals surface area contributed by atoms with Crippen molar-refractivity contribution in [2.75, 3.05) is 0 Å². The molecule has 192 valence electrons. The number of hydrogen-bond donors (Lipinski definition) is 0. The van der Waals surface area contributed by atoms with E-state index in [1.165, 1.54) is 0 Å². The van der Waals surface area contributed by atoms with Gasteiger partial charge in [-0.25, -0.2) is 13.8 Å². The van der Waals surface area contributed by atoms with Gasteiger partial charge in [0.2, 0.25) is 0 Å². The molecule has 0 atom stereocenters. The maximum Gasteiger partial charge on any atom is 0.135 e. The SMILES string of the molecule is N#Cc1cccc(-c2cc3c(-c4ccc(-c5c(F)cc(C#N)cc5F)cc4)nc4ccccc4c3c3nsnc23)c1. The molecule has 0 unspecified atom stereocenters. The lowest BCUT2D eigenvalue weighted by Crippen LogP contribution is -1.94. The Hall–Kier alpha value is -5.57. The van der Waals surface area contributed by atoms with Crippen molar-refractivity contribution >= 4 is 44.4 Å². The Balaban J connectivity index is 1.49. The minimum atomic E-state index is -0.800. The lowest BCUT2D eigenvalue weighted by molar-refractivity contribution is 0.589. The quantitative estimate of drug-likeness (QED) is 0.206. The summed E-state index contributed by atoms with van der Waals surface area (Å²) in [4.78, 5) is 5.01. The minimum absolute atomic E-state index is 0.0776. The average molecular weight is 552 g/mol. The van der Waals surface area contributed by atoms with Crippen LogP contribution in [-0.2, 0) is 0 Å². The molecule has 0 saturated heterocycles. The summed E-state index contributed by atoms with van der Waals surface area (Å²) < 4.78 is 38.8. The zero-order valence-corrected chi connectivity index (χ0v) is 21.9. The van der Waals surface area contributed by atoms with Crippen molar-refractivity contribution in [2.45, 2.75) is 0 Å². The first-order valence-electron chi connectivity index (χ1n) is 12.5. The molecule has 7 aromatic rings. The highest BCUT2D eigenvalue weighted by Crippen LogP contribution is 2.41. The molecule has 0 aliphatic carbocycles. The number of nitriles is 2. The van der Waals surface area contributed by atoms with E-state index in [1.807, 2.05) is 48.5 Å². The second-order valence-electron chi connectivity index (χ2n) is 9.48. The molecule has 41 heavy (non-hydrogen) atoms. The molecule has 8 heteroatoms. The zero-order chi connectivity index (χ0) is 28.1. The van der Waals surface area contributed by atoms with Crippen molar-refractivity contribution in [3.63, 3.8) is 0 Å². The van der Waals surface area contributed by atoms with E-state index in [-0.39, 0.29) is 11.1 Å². The highest BCUT2D eigenvalue weighted by molar-refractivity contribution is 7.00. The zero-order valence-electron chi connectivity index (χ0n) is 21.1. The molecule has 2 aromatic heterocycles. The number of rotatable bonds is 3. The first-order chi connectivity index (χ1) is 20.1. The smallest absolute Gasteiger partial charge is 0.135 e. The van der Waals surface area contributed by atoms with Crippen LogP contribution in [0.25, 0.3) is 66.2 Å². The molecular formula is C33H15F2N5S. The van der Waals surface area contributed by atoms with Gasteiger partial charge in [0, 0.05) is 27.3 Å². The van der Waals surface area contributed by atoms with Gasteiger partial charge in [0.25, 0.3) is 0 Å². The lowest BCUT2D eigenvalue weighted by atomic mass is 9.93. The van der Waals surface area contributed by atoms with Crippen LogP contribution in [0.5, 0.6) is 0 Å². The Bertz CT molecular complexity index is 2240. The van der Waals surface area contributed by atoms with Crippen LogP contribution in [-0.4, -0.2) is 13.7 Å². The summed E-state index contributed by atoms with van der Waals surface area (Å²) in [6.45, 7) is 0. The van der Waals surface area contributed by atoms with Crippen LogP contribution >= 0.6 is 11.7 Å². The Kier molecular flexibility index (Phi) is 5.71. The number of fused-ring (bicyclic) bond motifs is 5. The normalized spacial score (nSPS) is 11.1. The number of benzene rings is 5. The summed E-state index contributed by atoms with van der Waals surface area (Å²) >= 11 is 1.12. The van der Waals surface area contributed by atoms with Gasteiger partial charge in [-0.1, -0.05) is 54.6 Å². The third kappa shape index (κ3) is 3.98. The molecule has 0 aliphatic rings. The van der Waals surface area contributed by atoms with Gasteiger partial charge < -0.3 is 0 Å². The maximum atomic E-state index is 14.7. The predicted octanol–water partition coefficient (Wildman–Crippen LogP) is 8.42. The molecule has 0 saturated carbocycles. The first-order valence-corrected chi connectivity index (χ1v) is 13.3. The summed E-state index contributed by atoms with van der Waals surface area (Å²) in [6.07, 6.45) is 0. The van der Waals surface area contributed by atoms with Crippen molar-refractivity contribution in [1.82, 2.24) is 13.7 Å². The van der Waals surface area contributed by atoms with E-state index in [2.05, 4.69) is 14.8 Å². The van der Waals surface area contributed by atoms with E-state index in [0.29, 0.717) is 16.8 Å². The molecule has 0 N–H and O–H groups in total. The standard InChI is InChI=1S/C33H15F2N5S/c34-26-13-19(17-37)14-27(35)29(26)20-8-10-21(11-9-20)31-25-15-24(22-5-3-4-18(12-22)16-36)32-33(40-41-39-32)30(25)23-6-1-2-7-28(23)38-31/h1-15H. The molecule has 0 aliphatic heterocycles. The Morgan fingerprint density at radius 3 is 2.10 bits per heavy atom. The molecule has 0 radical (unpaired) electrons. The Labute approximate surface area is 236 Å². The molecule has 0 amide bonds. The van der Waals surface area contributed by atoms with Gasteiger partial charge in [-0.2, -0.15) is 19.3 Å². The van der Waals surface area contributed by atoms with Gasteiger partial charge in [-0.05, 0) is 47.5 Å². The second-order valence-corrected chi connectivity index (χ2v) is 10.0. The highest BCUT2D eigenvalue weighted by Gasteiger charge is 2.20. The van der Waals surface area contributed by atoms with E-state index >= 15 is 0 Å². The number of hydrogen-bond acceptors (Lipinski definition) is 6. The molecule has 0 spiro atoms. The van der Waals surface area contributed by atoms with Crippen LogP contribution in [0.15, 0.2) is 91.0 Å². The lowest BCUT2D eigenvalue weighted by Gasteiger charge is -2.14. The Morgan fingerprint density at radius 2 is 1.34 bits per heavy atom. The summed E-state index contributed by atoms with van der Waals surface area (Å²) in [7, 11) is 0. The number of para-hydroxylation sites is 1. The number of pyridine rings is 1. The average Bonchev–Trinajstić information content (AvgIpc) is 3.50. The fourth-order valence-corrected chi connectivity index (χ4v) is 5.84. The molecule has 5 aromatic carbocycles. The van der Waals surface area contributed by atoms with Gasteiger partial charge in [0.05, 0.1) is 51.8 Å². The van der Waals surface area contributed by atoms with E-state index < -0.39 is 11.6 Å². The highest BCUT2D eigenvalue weighted by atomic mass is 32.1. The van der Waals surface area contributed by atoms with Gasteiger partial charge in [0.15, 0.2) is 0 Å². The summed E-state index contributed by atoms with van der Waals surface area (Å²) in [5.74, 6) is -1.60. The fraction of sp³-hybridized carbons (Fsp3) is 0. The number of nitrogens with zero attached hydrogens (tertiary/aromatic N) is 5. The summed E-state index contributed by atoms with van der Waals surface area (Å²) in [5.41, 5.74) is 5.96. The van der Waals surface area contributed by atoms with E-state index in [1.54, 1.807) is 36.4 Å². The van der Waals surface area contributed by atoms with Crippen LogP contribution in [0.1, 0.15) is 11.1 Å². The van der Waals surface area contributed by atoms with Crippen LogP contribution < -0.4 is 0 Å². The van der Waals surface area contributed by atoms with Crippen molar-refractivity contribution in [1.29, 1.82) is 10.5 Å². The first kappa shape index (κ1) is 24.5. The summed E-state index contributed by atoms with van der Waals surface area (Å²) in [5, 5.41) is 21.2. The third-order valence-corrected chi connectivity index (χ3v) is 7.65. The van der Waals surface area contributed by atoms with E-state index in [4.69, 9.17) is 10.2 Å². The van der Waals surface area contributed by atoms with E-state index in [0.717, 1.165) is 73.3 Å². The molecule has 2 heterocycles. The van der Waals surface area contributed by atoms with Gasteiger partial charge in [0.1, 0.15) is 22.7 Å². The summed E-state index contributed by atoms with van der Waals surface area (Å²) in [6, 6.07) is 30.1. The van der Waals surface area contributed by atoms with Crippen LogP contribution in [0.3, 0.4) is 0 Å². The van der Waals surface area contributed by atoms with Crippen molar-refractivity contribution in [2.24, 2.45) is 0 Å². The topological polar surface area (TPSA) is 86.2 Å². The van der Waals surface area contributed by atoms with E-state index in [9.17, 15) is 14.0 Å². The third-order valence-electron chi connectivity index (χ3n) is 7.12. The van der Waals surface area contributed by atoms with Crippen molar-refractivity contribution in [3.05, 3.63) is 114 Å². The molecule has 5 nitrogen and oxygen atoms in total. The number of aromatic nitrogens is 3. The molecule has 0 fully saturated rings. The van der Waals surface area contributed by atoms with Crippen LogP contribution in [0.4, 0.5) is 8.78 Å². The monoisotopic (exact) mass is 551 g/mol. The van der Waals surface area contributed by atoms with Crippen LogP contribution in [0, 0.1) is 34.3 Å². The van der Waals surface area contributed by atoms with Crippen molar-refractivity contribution in [3.8, 4) is 45.6 Å². The van der Waals surface area contributed by atoms with Gasteiger partial charge in [-0.15, -0.1) is 0 Å². The number of halogens is 2. The van der Waals surface area contributed by atoms with Gasteiger partial charge in [-0.3, -0.25) is 0 Å². The van der Waals surface area contributed by atoms with Crippen LogP contribution in [0.2, 0.25) is 0 Å². The largest absolute Gasteiger partial charge is 0.247 e. The van der Waals surface area contributed by atoms with Crippen molar-refractivity contribution < 1.29 is 8.78 Å².